The van der Waals surface area contributed by atoms with Gasteiger partial charge in [-0.15, -0.1) is 11.3 Å². The number of esters is 1. The number of aliphatic imine (C=N–C) groups is 1. The number of nitrogens with zero attached hydrogens (tertiary/aromatic N) is 1. The number of hydrogen-bond acceptors (Lipinski definition) is 5. The van der Waals surface area contributed by atoms with Gasteiger partial charge < -0.3 is 4.74 Å². The van der Waals surface area contributed by atoms with Crippen molar-refractivity contribution >= 4 is 40.4 Å². The number of carbonyl (C=O) groups excluding carboxylic acids is 1. The summed E-state index contributed by atoms with van der Waals surface area (Å²) in [6.45, 7) is 2.03. The summed E-state index contributed by atoms with van der Waals surface area (Å²) in [5.74, 6) is -0.410. The SMILES string of the molecule is COC(=O)c1sc(-c2ccc(C)cc2)cc1N=C=S. The van der Waals surface area contributed by atoms with Crippen LogP contribution in [0.4, 0.5) is 5.69 Å². The van der Waals surface area contributed by atoms with E-state index >= 15 is 0 Å². The lowest BCUT2D eigenvalue weighted by molar-refractivity contribution is 0.0607. The largest absolute Gasteiger partial charge is 0.465 e. The monoisotopic (exact) mass is 289 g/mol. The van der Waals surface area contributed by atoms with Crippen molar-refractivity contribution in [2.45, 2.75) is 6.92 Å². The summed E-state index contributed by atoms with van der Waals surface area (Å²) in [5, 5.41) is 2.28. The third kappa shape index (κ3) is 2.96. The number of isothiocyanates is 1. The lowest BCUT2D eigenvalue weighted by atomic mass is 10.1. The van der Waals surface area contributed by atoms with Crippen LogP contribution in [0.15, 0.2) is 35.3 Å². The molecule has 0 unspecified atom stereocenters. The first-order valence-corrected chi connectivity index (χ1v) is 6.75. The number of aryl methyl sites for hydroxylation is 1. The van der Waals surface area contributed by atoms with Gasteiger partial charge in [0.25, 0.3) is 0 Å². The van der Waals surface area contributed by atoms with Crippen LogP contribution in [0.5, 0.6) is 0 Å². The Morgan fingerprint density at radius 1 is 1.37 bits per heavy atom. The molecule has 0 fully saturated rings. The summed E-state index contributed by atoms with van der Waals surface area (Å²) >= 11 is 5.93. The van der Waals surface area contributed by atoms with Crippen LogP contribution in [0.3, 0.4) is 0 Å². The molecule has 1 aromatic carbocycles. The number of benzene rings is 1. The van der Waals surface area contributed by atoms with Crippen molar-refractivity contribution in [1.29, 1.82) is 0 Å². The Bertz CT molecular complexity index is 653. The molecule has 1 heterocycles. The Hall–Kier alpha value is -1.81. The predicted octanol–water partition coefficient (Wildman–Crippen LogP) is 4.24. The molecule has 0 amide bonds. The molecule has 0 aliphatic carbocycles. The molecule has 0 bridgehead atoms. The lowest BCUT2D eigenvalue weighted by Gasteiger charge is -1.97. The van der Waals surface area contributed by atoms with Crippen LogP contribution >= 0.6 is 23.6 Å². The van der Waals surface area contributed by atoms with E-state index in [1.54, 1.807) is 0 Å². The second-order valence-corrected chi connectivity index (χ2v) is 5.12. The smallest absolute Gasteiger partial charge is 0.350 e. The minimum absolute atomic E-state index is 0.410. The van der Waals surface area contributed by atoms with Gasteiger partial charge in [-0.05, 0) is 30.8 Å². The topological polar surface area (TPSA) is 38.7 Å². The number of ether oxygens (including phenoxy) is 1. The molecule has 5 heteroatoms. The Morgan fingerprint density at radius 3 is 2.63 bits per heavy atom. The number of methoxy groups -OCH3 is 1. The van der Waals surface area contributed by atoms with Crippen molar-refractivity contribution in [3.05, 3.63) is 40.8 Å². The fourth-order valence-corrected chi connectivity index (χ4v) is 2.73. The van der Waals surface area contributed by atoms with Gasteiger partial charge in [0, 0.05) is 4.88 Å². The molecule has 3 nitrogen and oxygen atoms in total. The molecular formula is C14H11NO2S2. The van der Waals surface area contributed by atoms with E-state index in [1.807, 2.05) is 37.3 Å². The highest BCUT2D eigenvalue weighted by Crippen LogP contribution is 2.36. The highest BCUT2D eigenvalue weighted by Gasteiger charge is 2.17. The molecule has 2 aromatic rings. The molecule has 19 heavy (non-hydrogen) atoms. The summed E-state index contributed by atoms with van der Waals surface area (Å²) in [4.78, 5) is 17.0. The van der Waals surface area contributed by atoms with Gasteiger partial charge in [-0.25, -0.2) is 4.79 Å². The molecule has 0 saturated carbocycles. The van der Waals surface area contributed by atoms with E-state index < -0.39 is 5.97 Å². The van der Waals surface area contributed by atoms with Crippen LogP contribution in [0.2, 0.25) is 0 Å². The third-order valence-electron chi connectivity index (χ3n) is 2.59. The Kier molecular flexibility index (Phi) is 4.22. The normalized spacial score (nSPS) is 9.79. The van der Waals surface area contributed by atoms with Gasteiger partial charge >= 0.3 is 5.97 Å². The van der Waals surface area contributed by atoms with Crippen LogP contribution in [-0.2, 0) is 4.74 Å². The van der Waals surface area contributed by atoms with Crippen molar-refractivity contribution < 1.29 is 9.53 Å². The van der Waals surface area contributed by atoms with Gasteiger partial charge in [0.05, 0.1) is 18.0 Å². The Balaban J connectivity index is 2.50. The lowest BCUT2D eigenvalue weighted by Crippen LogP contribution is -1.97. The molecule has 0 spiro atoms. The molecule has 0 saturated heterocycles. The molecule has 0 N–H and O–H groups in total. The number of carbonyl (C=O) groups is 1. The van der Waals surface area contributed by atoms with Gasteiger partial charge in [0.15, 0.2) is 0 Å². The van der Waals surface area contributed by atoms with Gasteiger partial charge in [-0.2, -0.15) is 4.99 Å². The van der Waals surface area contributed by atoms with Crippen LogP contribution < -0.4 is 0 Å². The molecule has 96 valence electrons. The van der Waals surface area contributed by atoms with Crippen LogP contribution in [0, 0.1) is 6.92 Å². The van der Waals surface area contributed by atoms with E-state index in [2.05, 4.69) is 22.4 Å². The Morgan fingerprint density at radius 2 is 2.05 bits per heavy atom. The second kappa shape index (κ2) is 5.89. The van der Waals surface area contributed by atoms with Crippen LogP contribution in [0.25, 0.3) is 10.4 Å². The van der Waals surface area contributed by atoms with E-state index in [9.17, 15) is 4.79 Å². The van der Waals surface area contributed by atoms with E-state index in [0.29, 0.717) is 10.6 Å². The number of thiocarbonyl (C=S) groups is 1. The third-order valence-corrected chi connectivity index (χ3v) is 3.83. The summed E-state index contributed by atoms with van der Waals surface area (Å²) in [7, 11) is 1.35. The molecule has 0 aliphatic rings. The molecular weight excluding hydrogens is 278 g/mol. The van der Waals surface area contributed by atoms with Crippen molar-refractivity contribution in [1.82, 2.24) is 0 Å². The summed E-state index contributed by atoms with van der Waals surface area (Å²) in [5.41, 5.74) is 2.72. The highest BCUT2D eigenvalue weighted by molar-refractivity contribution is 7.78. The number of thiophene rings is 1. The fourth-order valence-electron chi connectivity index (χ4n) is 1.61. The first-order chi connectivity index (χ1) is 9.15. The van der Waals surface area contributed by atoms with Gasteiger partial charge in [-0.3, -0.25) is 0 Å². The molecule has 1 aromatic heterocycles. The van der Waals surface area contributed by atoms with E-state index in [0.717, 1.165) is 10.4 Å². The van der Waals surface area contributed by atoms with E-state index in [-0.39, 0.29) is 0 Å². The van der Waals surface area contributed by atoms with Crippen LogP contribution in [0.1, 0.15) is 15.2 Å². The second-order valence-electron chi connectivity index (χ2n) is 3.89. The summed E-state index contributed by atoms with van der Waals surface area (Å²) < 4.78 is 4.74. The van der Waals surface area contributed by atoms with Gasteiger partial charge in [0.2, 0.25) is 0 Å². The predicted molar refractivity (Wildman–Crippen MR) is 80.5 cm³/mol. The maximum absolute atomic E-state index is 11.7. The number of rotatable bonds is 3. The highest BCUT2D eigenvalue weighted by atomic mass is 32.1. The minimum atomic E-state index is -0.410. The quantitative estimate of drug-likeness (QED) is 0.482. The molecule has 2 rings (SSSR count). The first-order valence-electron chi connectivity index (χ1n) is 5.52. The van der Waals surface area contributed by atoms with Crippen molar-refractivity contribution in [3.8, 4) is 10.4 Å². The fraction of sp³-hybridized carbons (Fsp3) is 0.143. The average molecular weight is 289 g/mol. The minimum Gasteiger partial charge on any atom is -0.465 e. The maximum Gasteiger partial charge on any atom is 0.350 e. The summed E-state index contributed by atoms with van der Waals surface area (Å²) in [6, 6.07) is 9.88. The van der Waals surface area contributed by atoms with Crippen molar-refractivity contribution in [3.63, 3.8) is 0 Å². The standard InChI is InChI=1S/C14H11NO2S2/c1-9-3-5-10(6-4-9)12-7-11(15-8-18)13(19-12)14(16)17-2/h3-7H,1-2H3. The zero-order chi connectivity index (χ0) is 13.8. The molecule has 0 aliphatic heterocycles. The zero-order valence-electron chi connectivity index (χ0n) is 10.5. The van der Waals surface area contributed by atoms with Gasteiger partial charge in [0.1, 0.15) is 4.88 Å². The maximum atomic E-state index is 11.7. The van der Waals surface area contributed by atoms with E-state index in [1.165, 1.54) is 24.0 Å². The Labute approximate surface area is 120 Å². The van der Waals surface area contributed by atoms with Crippen LogP contribution in [-0.4, -0.2) is 18.2 Å². The molecule has 0 radical (unpaired) electrons. The first kappa shape index (κ1) is 13.6. The van der Waals surface area contributed by atoms with Crippen molar-refractivity contribution in [2.24, 2.45) is 4.99 Å². The average Bonchev–Trinajstić information content (AvgIpc) is 2.83. The zero-order valence-corrected chi connectivity index (χ0v) is 12.1. The van der Waals surface area contributed by atoms with Gasteiger partial charge in [-0.1, -0.05) is 29.8 Å². The van der Waals surface area contributed by atoms with Crippen molar-refractivity contribution in [2.75, 3.05) is 7.11 Å². The number of hydrogen-bond donors (Lipinski definition) is 0. The summed E-state index contributed by atoms with van der Waals surface area (Å²) in [6.07, 6.45) is 0. The van der Waals surface area contributed by atoms with E-state index in [4.69, 9.17) is 4.74 Å². The molecule has 0 atom stereocenters.